The van der Waals surface area contributed by atoms with Gasteiger partial charge in [-0.2, -0.15) is 0 Å². The summed E-state index contributed by atoms with van der Waals surface area (Å²) in [5.74, 6) is 1.52. The number of nitrogens with one attached hydrogen (secondary N) is 1. The van der Waals surface area contributed by atoms with Crippen LogP contribution in [0.3, 0.4) is 0 Å². The molecule has 1 aliphatic rings. The van der Waals surface area contributed by atoms with Gasteiger partial charge >= 0.3 is 0 Å². The second-order valence-electron chi connectivity index (χ2n) is 6.26. The average molecular weight is 291 g/mol. The van der Waals surface area contributed by atoms with Crippen molar-refractivity contribution in [1.29, 1.82) is 0 Å². The van der Waals surface area contributed by atoms with Gasteiger partial charge in [-0.25, -0.2) is 0 Å². The summed E-state index contributed by atoms with van der Waals surface area (Å²) >= 11 is 0. The Hall–Kier alpha value is -1.06. The summed E-state index contributed by atoms with van der Waals surface area (Å²) in [7, 11) is 0. The molecular weight excluding hydrogens is 262 g/mol. The first-order valence-corrected chi connectivity index (χ1v) is 8.20. The molecule has 1 aliphatic heterocycles. The summed E-state index contributed by atoms with van der Waals surface area (Å²) in [6.45, 7) is 11.3. The summed E-state index contributed by atoms with van der Waals surface area (Å²) in [5.41, 5.74) is 2.52. The third-order valence-corrected chi connectivity index (χ3v) is 4.12. The molecule has 3 nitrogen and oxygen atoms in total. The predicted octanol–water partition coefficient (Wildman–Crippen LogP) is 3.65. The van der Waals surface area contributed by atoms with E-state index in [1.165, 1.54) is 11.1 Å². The van der Waals surface area contributed by atoms with Gasteiger partial charge in [-0.05, 0) is 49.4 Å². The molecule has 0 radical (unpaired) electrons. The van der Waals surface area contributed by atoms with Crippen molar-refractivity contribution in [2.24, 2.45) is 0 Å². The van der Waals surface area contributed by atoms with Crippen LogP contribution in [0, 0.1) is 6.92 Å². The van der Waals surface area contributed by atoms with Crippen LogP contribution in [-0.4, -0.2) is 31.9 Å². The lowest BCUT2D eigenvalue weighted by Gasteiger charge is -2.33. The Bertz CT molecular complexity index is 445. The Balaban J connectivity index is 2.09. The highest BCUT2D eigenvalue weighted by atomic mass is 16.5. The maximum atomic E-state index is 6.30. The van der Waals surface area contributed by atoms with Gasteiger partial charge in [-0.3, -0.25) is 0 Å². The normalized spacial score (nSPS) is 22.5. The van der Waals surface area contributed by atoms with Crippen molar-refractivity contribution >= 4 is 0 Å². The molecule has 118 valence electrons. The van der Waals surface area contributed by atoms with Gasteiger partial charge in [0.25, 0.3) is 0 Å². The van der Waals surface area contributed by atoms with Crippen LogP contribution in [0.5, 0.6) is 5.75 Å². The van der Waals surface area contributed by atoms with Crippen molar-refractivity contribution < 1.29 is 9.47 Å². The Morgan fingerprint density at radius 3 is 2.90 bits per heavy atom. The standard InChI is InChI=1S/C18H29NO2/c1-5-9-19-16-8-10-20-12-18(16)21-17-11-15(13(2)3)7-6-14(17)4/h6-7,11,13,16,18-19H,5,8-10,12H2,1-4H3. The maximum Gasteiger partial charge on any atom is 0.137 e. The first kappa shape index (κ1) is 16.3. The van der Waals surface area contributed by atoms with Crippen molar-refractivity contribution in [2.75, 3.05) is 19.8 Å². The zero-order valence-corrected chi connectivity index (χ0v) is 13.8. The highest BCUT2D eigenvalue weighted by Gasteiger charge is 2.27. The van der Waals surface area contributed by atoms with Crippen LogP contribution in [0.1, 0.15) is 50.7 Å². The van der Waals surface area contributed by atoms with Crippen LogP contribution in [0.4, 0.5) is 0 Å². The molecule has 1 fully saturated rings. The second kappa shape index (κ2) is 7.81. The summed E-state index contributed by atoms with van der Waals surface area (Å²) in [6.07, 6.45) is 2.27. The average Bonchev–Trinajstić information content (AvgIpc) is 2.48. The molecule has 0 amide bonds. The monoisotopic (exact) mass is 291 g/mol. The van der Waals surface area contributed by atoms with E-state index in [0.717, 1.165) is 31.7 Å². The van der Waals surface area contributed by atoms with Gasteiger partial charge in [0.15, 0.2) is 0 Å². The molecule has 1 heterocycles. The van der Waals surface area contributed by atoms with Crippen LogP contribution < -0.4 is 10.1 Å². The molecule has 2 rings (SSSR count). The molecule has 2 unspecified atom stereocenters. The van der Waals surface area contributed by atoms with Gasteiger partial charge in [0.2, 0.25) is 0 Å². The molecule has 1 aromatic carbocycles. The number of ether oxygens (including phenoxy) is 2. The largest absolute Gasteiger partial charge is 0.486 e. The van der Waals surface area contributed by atoms with E-state index in [1.807, 2.05) is 0 Å². The molecule has 21 heavy (non-hydrogen) atoms. The molecule has 3 heteroatoms. The maximum absolute atomic E-state index is 6.30. The second-order valence-corrected chi connectivity index (χ2v) is 6.26. The van der Waals surface area contributed by atoms with E-state index in [9.17, 15) is 0 Å². The summed E-state index contributed by atoms with van der Waals surface area (Å²) in [4.78, 5) is 0. The van der Waals surface area contributed by atoms with Crippen LogP contribution in [0.2, 0.25) is 0 Å². The minimum absolute atomic E-state index is 0.103. The number of aryl methyl sites for hydroxylation is 1. The SMILES string of the molecule is CCCNC1CCOCC1Oc1cc(C(C)C)ccc1C. The molecule has 2 atom stereocenters. The molecule has 0 spiro atoms. The molecule has 0 saturated carbocycles. The lowest BCUT2D eigenvalue weighted by Crippen LogP contribution is -2.49. The molecule has 0 aromatic heterocycles. The van der Waals surface area contributed by atoms with Crippen molar-refractivity contribution in [1.82, 2.24) is 5.32 Å². The van der Waals surface area contributed by atoms with Gasteiger partial charge in [-0.15, -0.1) is 0 Å². The van der Waals surface area contributed by atoms with Crippen molar-refractivity contribution in [3.63, 3.8) is 0 Å². The van der Waals surface area contributed by atoms with E-state index in [2.05, 4.69) is 51.2 Å². The topological polar surface area (TPSA) is 30.5 Å². The molecule has 1 aromatic rings. The van der Waals surface area contributed by atoms with E-state index >= 15 is 0 Å². The lowest BCUT2D eigenvalue weighted by atomic mass is 10.0. The van der Waals surface area contributed by atoms with Gasteiger partial charge in [0, 0.05) is 12.6 Å². The summed E-state index contributed by atoms with van der Waals surface area (Å²) in [5, 5.41) is 3.59. The molecule has 0 bridgehead atoms. The van der Waals surface area contributed by atoms with E-state index in [-0.39, 0.29) is 6.10 Å². The van der Waals surface area contributed by atoms with Crippen LogP contribution in [-0.2, 0) is 4.74 Å². The van der Waals surface area contributed by atoms with Crippen LogP contribution >= 0.6 is 0 Å². The fourth-order valence-corrected chi connectivity index (χ4v) is 2.66. The van der Waals surface area contributed by atoms with Crippen LogP contribution in [0.25, 0.3) is 0 Å². The van der Waals surface area contributed by atoms with Gasteiger partial charge in [0.05, 0.1) is 6.61 Å². The van der Waals surface area contributed by atoms with E-state index in [1.54, 1.807) is 0 Å². The minimum Gasteiger partial charge on any atom is -0.486 e. The number of hydrogen-bond acceptors (Lipinski definition) is 3. The Labute approximate surface area is 129 Å². The zero-order valence-electron chi connectivity index (χ0n) is 13.8. The van der Waals surface area contributed by atoms with Gasteiger partial charge < -0.3 is 14.8 Å². The van der Waals surface area contributed by atoms with E-state index < -0.39 is 0 Å². The molecular formula is C18H29NO2. The zero-order chi connectivity index (χ0) is 15.2. The fourth-order valence-electron chi connectivity index (χ4n) is 2.66. The minimum atomic E-state index is 0.103. The summed E-state index contributed by atoms with van der Waals surface area (Å²) < 4.78 is 11.9. The number of benzene rings is 1. The quantitative estimate of drug-likeness (QED) is 0.867. The highest BCUT2D eigenvalue weighted by Crippen LogP contribution is 2.26. The Kier molecular flexibility index (Phi) is 6.07. The smallest absolute Gasteiger partial charge is 0.137 e. The van der Waals surface area contributed by atoms with Gasteiger partial charge in [-0.1, -0.05) is 32.9 Å². The first-order chi connectivity index (χ1) is 10.1. The van der Waals surface area contributed by atoms with Crippen molar-refractivity contribution in [3.8, 4) is 5.75 Å². The Morgan fingerprint density at radius 1 is 1.38 bits per heavy atom. The van der Waals surface area contributed by atoms with Gasteiger partial charge in [0.1, 0.15) is 11.9 Å². The predicted molar refractivity (Wildman–Crippen MR) is 87.2 cm³/mol. The van der Waals surface area contributed by atoms with Crippen LogP contribution in [0.15, 0.2) is 18.2 Å². The number of hydrogen-bond donors (Lipinski definition) is 1. The third kappa shape index (κ3) is 4.45. The highest BCUT2D eigenvalue weighted by molar-refractivity contribution is 5.38. The van der Waals surface area contributed by atoms with Crippen molar-refractivity contribution in [3.05, 3.63) is 29.3 Å². The van der Waals surface area contributed by atoms with Crippen molar-refractivity contribution in [2.45, 2.75) is 58.6 Å². The number of rotatable bonds is 6. The molecule has 0 aliphatic carbocycles. The Morgan fingerprint density at radius 2 is 2.19 bits per heavy atom. The lowest BCUT2D eigenvalue weighted by molar-refractivity contribution is -0.0149. The molecule has 1 saturated heterocycles. The first-order valence-electron chi connectivity index (χ1n) is 8.20. The summed E-state index contributed by atoms with van der Waals surface area (Å²) in [6, 6.07) is 6.92. The molecule has 1 N–H and O–H groups in total. The fraction of sp³-hybridized carbons (Fsp3) is 0.667. The van der Waals surface area contributed by atoms with E-state index in [4.69, 9.17) is 9.47 Å². The third-order valence-electron chi connectivity index (χ3n) is 4.12. The van der Waals surface area contributed by atoms with E-state index in [0.29, 0.717) is 18.6 Å².